The Kier molecular flexibility index (Phi) is 5.56. The number of aryl methyl sites for hydroxylation is 2. The van der Waals surface area contributed by atoms with E-state index in [1.54, 1.807) is 0 Å². The molecule has 0 fully saturated rings. The van der Waals surface area contributed by atoms with Crippen molar-refractivity contribution in [1.82, 2.24) is 5.32 Å². The fourth-order valence-electron chi connectivity index (χ4n) is 4.11. The summed E-state index contributed by atoms with van der Waals surface area (Å²) in [4.78, 5) is 13.0. The van der Waals surface area contributed by atoms with E-state index < -0.39 is 0 Å². The number of benzene rings is 2. The molecule has 0 aromatic heterocycles. The van der Waals surface area contributed by atoms with Gasteiger partial charge in [0, 0.05) is 12.0 Å². The van der Waals surface area contributed by atoms with Crippen molar-refractivity contribution in [1.29, 1.82) is 0 Å². The molecule has 0 saturated heterocycles. The van der Waals surface area contributed by atoms with E-state index in [-0.39, 0.29) is 17.9 Å². The summed E-state index contributed by atoms with van der Waals surface area (Å²) in [5, 5.41) is 3.24. The largest absolute Gasteiger partial charge is 0.490 e. The maximum Gasteiger partial charge on any atom is 0.251 e. The van der Waals surface area contributed by atoms with Crippen molar-refractivity contribution >= 4 is 5.91 Å². The molecule has 1 heterocycles. The van der Waals surface area contributed by atoms with Gasteiger partial charge < -0.3 is 14.8 Å². The van der Waals surface area contributed by atoms with Crippen molar-refractivity contribution < 1.29 is 14.3 Å². The standard InChI is InChI=1S/C24H29NO3/c1-16(2)23(19-10-11-21-22(15-19)28-13-5-12-27-21)25-24(26)20-9-8-17-6-3-4-7-18(17)14-20/h8-11,14-16,23H,3-7,12-13H2,1-2H3,(H,25,26). The first-order chi connectivity index (χ1) is 13.6. The van der Waals surface area contributed by atoms with Gasteiger partial charge in [-0.15, -0.1) is 0 Å². The van der Waals surface area contributed by atoms with Gasteiger partial charge in [-0.1, -0.05) is 26.0 Å². The minimum absolute atomic E-state index is 0.0146. The monoisotopic (exact) mass is 379 g/mol. The summed E-state index contributed by atoms with van der Waals surface area (Å²) in [6, 6.07) is 12.1. The van der Waals surface area contributed by atoms with Gasteiger partial charge >= 0.3 is 0 Å². The third-order valence-electron chi connectivity index (χ3n) is 5.69. The van der Waals surface area contributed by atoms with Crippen LogP contribution in [0.25, 0.3) is 0 Å². The molecule has 0 bridgehead atoms. The van der Waals surface area contributed by atoms with E-state index in [1.807, 2.05) is 24.3 Å². The van der Waals surface area contributed by atoms with Crippen LogP contribution in [-0.2, 0) is 12.8 Å². The zero-order chi connectivity index (χ0) is 19.5. The smallest absolute Gasteiger partial charge is 0.251 e. The van der Waals surface area contributed by atoms with Crippen LogP contribution in [0, 0.1) is 5.92 Å². The number of hydrogen-bond acceptors (Lipinski definition) is 3. The van der Waals surface area contributed by atoms with Gasteiger partial charge in [-0.3, -0.25) is 4.79 Å². The van der Waals surface area contributed by atoms with Gasteiger partial charge in [0.05, 0.1) is 19.3 Å². The van der Waals surface area contributed by atoms with E-state index in [0.29, 0.717) is 13.2 Å². The Morgan fingerprint density at radius 2 is 1.64 bits per heavy atom. The Bertz CT molecular complexity index is 859. The van der Waals surface area contributed by atoms with Gasteiger partial charge in [-0.2, -0.15) is 0 Å². The van der Waals surface area contributed by atoms with Crippen molar-refractivity contribution in [2.45, 2.75) is 52.0 Å². The number of amides is 1. The average Bonchev–Trinajstić information content (AvgIpc) is 2.96. The zero-order valence-corrected chi connectivity index (χ0v) is 16.8. The minimum Gasteiger partial charge on any atom is -0.490 e. The zero-order valence-electron chi connectivity index (χ0n) is 16.8. The first-order valence-electron chi connectivity index (χ1n) is 10.4. The van der Waals surface area contributed by atoms with E-state index in [2.05, 4.69) is 31.3 Å². The van der Waals surface area contributed by atoms with Gasteiger partial charge in [0.25, 0.3) is 5.91 Å². The number of carbonyl (C=O) groups is 1. The summed E-state index contributed by atoms with van der Waals surface area (Å²) in [5.41, 5.74) is 4.52. The molecule has 1 atom stereocenters. The lowest BCUT2D eigenvalue weighted by Gasteiger charge is -2.24. The van der Waals surface area contributed by atoms with E-state index in [9.17, 15) is 4.79 Å². The average molecular weight is 380 g/mol. The second-order valence-electron chi connectivity index (χ2n) is 8.14. The van der Waals surface area contributed by atoms with Crippen LogP contribution in [0.2, 0.25) is 0 Å². The molecule has 1 aliphatic heterocycles. The number of ether oxygens (including phenoxy) is 2. The highest BCUT2D eigenvalue weighted by Crippen LogP contribution is 2.34. The maximum absolute atomic E-state index is 13.0. The number of carbonyl (C=O) groups excluding carboxylic acids is 1. The minimum atomic E-state index is -0.0827. The number of hydrogen-bond donors (Lipinski definition) is 1. The predicted octanol–water partition coefficient (Wildman–Crippen LogP) is 4.85. The fourth-order valence-corrected chi connectivity index (χ4v) is 4.11. The van der Waals surface area contributed by atoms with Crippen molar-refractivity contribution in [2.24, 2.45) is 5.92 Å². The Morgan fingerprint density at radius 3 is 2.43 bits per heavy atom. The van der Waals surface area contributed by atoms with Crippen LogP contribution in [0.5, 0.6) is 11.5 Å². The summed E-state index contributed by atoms with van der Waals surface area (Å²) < 4.78 is 11.6. The van der Waals surface area contributed by atoms with Gasteiger partial charge in [0.15, 0.2) is 11.5 Å². The highest BCUT2D eigenvalue weighted by atomic mass is 16.5. The summed E-state index contributed by atoms with van der Waals surface area (Å²) in [5.74, 6) is 1.79. The third-order valence-corrected chi connectivity index (χ3v) is 5.69. The topological polar surface area (TPSA) is 47.6 Å². The molecule has 1 amide bonds. The molecule has 0 radical (unpaired) electrons. The molecule has 0 spiro atoms. The van der Waals surface area contributed by atoms with Crippen LogP contribution in [0.15, 0.2) is 36.4 Å². The second kappa shape index (κ2) is 8.26. The van der Waals surface area contributed by atoms with Crippen LogP contribution in [-0.4, -0.2) is 19.1 Å². The molecule has 2 aliphatic rings. The Hall–Kier alpha value is -2.49. The van der Waals surface area contributed by atoms with E-state index >= 15 is 0 Å². The Morgan fingerprint density at radius 1 is 0.893 bits per heavy atom. The summed E-state index contributed by atoms with van der Waals surface area (Å²) in [6.07, 6.45) is 5.55. The van der Waals surface area contributed by atoms with Gasteiger partial charge in [-0.05, 0) is 72.6 Å². The van der Waals surface area contributed by atoms with Gasteiger partial charge in [-0.25, -0.2) is 0 Å². The predicted molar refractivity (Wildman–Crippen MR) is 110 cm³/mol. The Labute approximate surface area is 167 Å². The molecule has 2 aromatic carbocycles. The fraction of sp³-hybridized carbons (Fsp3) is 0.458. The third kappa shape index (κ3) is 4.01. The van der Waals surface area contributed by atoms with E-state index in [0.717, 1.165) is 41.9 Å². The van der Waals surface area contributed by atoms with E-state index in [1.165, 1.54) is 24.0 Å². The van der Waals surface area contributed by atoms with E-state index in [4.69, 9.17) is 9.47 Å². The van der Waals surface area contributed by atoms with Crippen LogP contribution < -0.4 is 14.8 Å². The van der Waals surface area contributed by atoms with Crippen molar-refractivity contribution in [3.05, 3.63) is 58.7 Å². The first-order valence-corrected chi connectivity index (χ1v) is 10.4. The number of rotatable bonds is 4. The van der Waals surface area contributed by atoms with Crippen LogP contribution >= 0.6 is 0 Å². The SMILES string of the molecule is CC(C)C(NC(=O)c1ccc2c(c1)CCCC2)c1ccc2c(c1)OCCCO2. The molecule has 4 nitrogen and oxygen atoms in total. The Balaban J connectivity index is 1.55. The molecule has 28 heavy (non-hydrogen) atoms. The first kappa shape index (κ1) is 18.9. The summed E-state index contributed by atoms with van der Waals surface area (Å²) >= 11 is 0. The lowest BCUT2D eigenvalue weighted by Crippen LogP contribution is -2.32. The molecule has 148 valence electrons. The van der Waals surface area contributed by atoms with Crippen LogP contribution in [0.4, 0.5) is 0 Å². The highest BCUT2D eigenvalue weighted by Gasteiger charge is 2.22. The molecule has 1 aliphatic carbocycles. The summed E-state index contributed by atoms with van der Waals surface area (Å²) in [7, 11) is 0. The molecule has 1 N–H and O–H groups in total. The molecule has 0 saturated carbocycles. The quantitative estimate of drug-likeness (QED) is 0.826. The molecular weight excluding hydrogens is 350 g/mol. The van der Waals surface area contributed by atoms with Crippen molar-refractivity contribution in [2.75, 3.05) is 13.2 Å². The second-order valence-corrected chi connectivity index (χ2v) is 8.14. The number of fused-ring (bicyclic) bond motifs is 2. The summed E-state index contributed by atoms with van der Waals surface area (Å²) in [6.45, 7) is 5.58. The normalized spacial score (nSPS) is 16.8. The molecule has 4 rings (SSSR count). The van der Waals surface area contributed by atoms with Crippen LogP contribution in [0.3, 0.4) is 0 Å². The van der Waals surface area contributed by atoms with Crippen molar-refractivity contribution in [3.63, 3.8) is 0 Å². The highest BCUT2D eigenvalue weighted by molar-refractivity contribution is 5.94. The molecule has 1 unspecified atom stereocenters. The molecule has 4 heteroatoms. The van der Waals surface area contributed by atoms with Crippen molar-refractivity contribution in [3.8, 4) is 11.5 Å². The maximum atomic E-state index is 13.0. The number of nitrogens with one attached hydrogen (secondary N) is 1. The lowest BCUT2D eigenvalue weighted by molar-refractivity contribution is 0.0925. The molecular formula is C24H29NO3. The molecule has 2 aromatic rings. The lowest BCUT2D eigenvalue weighted by atomic mass is 9.90. The van der Waals surface area contributed by atoms with Gasteiger partial charge in [0.2, 0.25) is 0 Å². The van der Waals surface area contributed by atoms with Crippen LogP contribution in [0.1, 0.15) is 66.2 Å². The van der Waals surface area contributed by atoms with Gasteiger partial charge in [0.1, 0.15) is 0 Å².